The van der Waals surface area contributed by atoms with E-state index < -0.39 is 10.0 Å². The molecule has 0 atom stereocenters. The Hall–Kier alpha value is -2.23. The van der Waals surface area contributed by atoms with Crippen LogP contribution in [0.25, 0.3) is 10.8 Å². The molecule has 0 amide bonds. The standard InChI is InChI=1S/C21H24N4O3S2/c1-14-3-4-15(2)17(13-14)24-9-11-25(12-10-24)30(26,27)19-8-7-18(29-19)21-23-22-20(28-21)16-5-6-16/h3-4,7-8,13,16H,5-6,9-12H2,1-2H3. The number of thiophene rings is 1. The largest absolute Gasteiger partial charge is 0.420 e. The molecular weight excluding hydrogens is 420 g/mol. The topological polar surface area (TPSA) is 79.5 Å². The van der Waals surface area contributed by atoms with Gasteiger partial charge in [-0.1, -0.05) is 12.1 Å². The third kappa shape index (κ3) is 3.66. The number of aromatic nitrogens is 2. The summed E-state index contributed by atoms with van der Waals surface area (Å²) in [5.41, 5.74) is 3.61. The minimum Gasteiger partial charge on any atom is -0.420 e. The number of hydrogen-bond donors (Lipinski definition) is 0. The van der Waals surface area contributed by atoms with Crippen molar-refractivity contribution >= 4 is 27.0 Å². The Morgan fingerprint density at radius 1 is 1.03 bits per heavy atom. The molecule has 0 unspecified atom stereocenters. The van der Waals surface area contributed by atoms with Crippen molar-refractivity contribution in [2.45, 2.75) is 36.8 Å². The van der Waals surface area contributed by atoms with Gasteiger partial charge in [0.25, 0.3) is 15.9 Å². The highest BCUT2D eigenvalue weighted by Crippen LogP contribution is 2.41. The minimum atomic E-state index is -3.53. The van der Waals surface area contributed by atoms with Gasteiger partial charge >= 0.3 is 0 Å². The van der Waals surface area contributed by atoms with Gasteiger partial charge in [0.15, 0.2) is 0 Å². The lowest BCUT2D eigenvalue weighted by Crippen LogP contribution is -2.48. The van der Waals surface area contributed by atoms with E-state index in [9.17, 15) is 8.42 Å². The van der Waals surface area contributed by atoms with Crippen LogP contribution in [0, 0.1) is 13.8 Å². The van der Waals surface area contributed by atoms with Crippen LogP contribution in [0.15, 0.2) is 39.0 Å². The van der Waals surface area contributed by atoms with Crippen LogP contribution in [0.3, 0.4) is 0 Å². The average molecular weight is 445 g/mol. The molecule has 7 nitrogen and oxygen atoms in total. The quantitative estimate of drug-likeness (QED) is 0.596. The van der Waals surface area contributed by atoms with Gasteiger partial charge in [-0.3, -0.25) is 0 Å². The van der Waals surface area contributed by atoms with Crippen molar-refractivity contribution in [3.63, 3.8) is 0 Å². The number of anilines is 1. The van der Waals surface area contributed by atoms with Crippen LogP contribution in [0.5, 0.6) is 0 Å². The SMILES string of the molecule is Cc1ccc(C)c(N2CCN(S(=O)(=O)c3ccc(-c4nnc(C5CC5)o4)s3)CC2)c1. The zero-order valence-corrected chi connectivity index (χ0v) is 18.7. The summed E-state index contributed by atoms with van der Waals surface area (Å²) >= 11 is 1.19. The minimum absolute atomic E-state index is 0.323. The molecule has 2 aliphatic rings. The maximum Gasteiger partial charge on any atom is 0.257 e. The number of rotatable bonds is 5. The van der Waals surface area contributed by atoms with E-state index >= 15 is 0 Å². The predicted molar refractivity (Wildman–Crippen MR) is 116 cm³/mol. The van der Waals surface area contributed by atoms with E-state index in [1.807, 2.05) is 0 Å². The van der Waals surface area contributed by atoms with Crippen molar-refractivity contribution in [3.05, 3.63) is 47.3 Å². The zero-order valence-electron chi connectivity index (χ0n) is 17.0. The Bertz CT molecular complexity index is 1170. The molecule has 2 aromatic heterocycles. The van der Waals surface area contributed by atoms with Crippen molar-refractivity contribution in [3.8, 4) is 10.8 Å². The molecular formula is C21H24N4O3S2. The monoisotopic (exact) mass is 444 g/mol. The second-order valence-electron chi connectivity index (χ2n) is 8.02. The summed E-state index contributed by atoms with van der Waals surface area (Å²) in [7, 11) is -3.53. The molecule has 1 saturated carbocycles. The second kappa shape index (κ2) is 7.47. The van der Waals surface area contributed by atoms with E-state index in [4.69, 9.17) is 4.42 Å². The first-order chi connectivity index (χ1) is 14.4. The lowest BCUT2D eigenvalue weighted by molar-refractivity contribution is 0.385. The van der Waals surface area contributed by atoms with Gasteiger partial charge in [0, 0.05) is 37.8 Å². The normalized spacial score (nSPS) is 18.1. The first-order valence-corrected chi connectivity index (χ1v) is 12.4. The lowest BCUT2D eigenvalue weighted by atomic mass is 10.1. The summed E-state index contributed by atoms with van der Waals surface area (Å²) in [4.78, 5) is 2.97. The Morgan fingerprint density at radius 3 is 2.53 bits per heavy atom. The highest BCUT2D eigenvalue weighted by molar-refractivity contribution is 7.91. The van der Waals surface area contributed by atoms with Gasteiger partial charge in [0.05, 0.1) is 4.88 Å². The fourth-order valence-electron chi connectivity index (χ4n) is 3.76. The Balaban J connectivity index is 1.30. The van der Waals surface area contributed by atoms with E-state index in [1.165, 1.54) is 28.2 Å². The van der Waals surface area contributed by atoms with Gasteiger partial charge in [0.2, 0.25) is 5.89 Å². The van der Waals surface area contributed by atoms with Gasteiger partial charge in [-0.2, -0.15) is 4.31 Å². The van der Waals surface area contributed by atoms with Crippen molar-refractivity contribution in [2.75, 3.05) is 31.1 Å². The summed E-state index contributed by atoms with van der Waals surface area (Å²) in [6.07, 6.45) is 2.17. The van der Waals surface area contributed by atoms with Crippen LogP contribution in [0.1, 0.15) is 35.8 Å². The van der Waals surface area contributed by atoms with Gasteiger partial charge in [0.1, 0.15) is 4.21 Å². The molecule has 9 heteroatoms. The van der Waals surface area contributed by atoms with Crippen LogP contribution in [-0.4, -0.2) is 49.1 Å². The van der Waals surface area contributed by atoms with Crippen LogP contribution in [0.4, 0.5) is 5.69 Å². The smallest absolute Gasteiger partial charge is 0.257 e. The number of nitrogens with zero attached hydrogens (tertiary/aromatic N) is 4. The molecule has 158 valence electrons. The Labute approximate surface area is 180 Å². The lowest BCUT2D eigenvalue weighted by Gasteiger charge is -2.36. The molecule has 0 bridgehead atoms. The summed E-state index contributed by atoms with van der Waals surface area (Å²) in [5, 5.41) is 8.18. The van der Waals surface area contributed by atoms with E-state index in [-0.39, 0.29) is 0 Å². The number of piperazine rings is 1. The van der Waals surface area contributed by atoms with Crippen molar-refractivity contribution in [1.29, 1.82) is 0 Å². The predicted octanol–water partition coefficient (Wildman–Crippen LogP) is 3.80. The molecule has 3 heterocycles. The average Bonchev–Trinajstić information content (AvgIpc) is 3.26. The van der Waals surface area contributed by atoms with E-state index in [2.05, 4.69) is 47.1 Å². The molecule has 1 saturated heterocycles. The van der Waals surface area contributed by atoms with Gasteiger partial charge < -0.3 is 9.32 Å². The third-order valence-electron chi connectivity index (χ3n) is 5.70. The van der Waals surface area contributed by atoms with Crippen molar-refractivity contribution < 1.29 is 12.8 Å². The summed E-state index contributed by atoms with van der Waals surface area (Å²) in [6, 6.07) is 9.80. The summed E-state index contributed by atoms with van der Waals surface area (Å²) in [6.45, 7) is 6.46. The first kappa shape index (κ1) is 19.7. The van der Waals surface area contributed by atoms with Gasteiger partial charge in [-0.05, 0) is 56.0 Å². The van der Waals surface area contributed by atoms with Crippen molar-refractivity contribution in [2.24, 2.45) is 0 Å². The van der Waals surface area contributed by atoms with E-state index in [0.717, 1.165) is 12.8 Å². The first-order valence-electron chi connectivity index (χ1n) is 10.2. The van der Waals surface area contributed by atoms with Gasteiger partial charge in [-0.25, -0.2) is 8.42 Å². The Kier molecular flexibility index (Phi) is 4.91. The molecule has 0 radical (unpaired) electrons. The molecule has 1 aliphatic carbocycles. The number of benzene rings is 1. The maximum atomic E-state index is 13.2. The molecule has 5 rings (SSSR count). The molecule has 1 aromatic carbocycles. The molecule has 1 aliphatic heterocycles. The van der Waals surface area contributed by atoms with Crippen LogP contribution in [-0.2, 0) is 10.0 Å². The third-order valence-corrected chi connectivity index (χ3v) is 9.14. The van der Waals surface area contributed by atoms with E-state index in [0.29, 0.717) is 53.0 Å². The summed E-state index contributed by atoms with van der Waals surface area (Å²) in [5.74, 6) is 1.44. The fourth-order valence-corrected chi connectivity index (χ4v) is 6.56. The van der Waals surface area contributed by atoms with Gasteiger partial charge in [-0.15, -0.1) is 21.5 Å². The number of hydrogen-bond acceptors (Lipinski definition) is 7. The highest BCUT2D eigenvalue weighted by Gasteiger charge is 2.32. The highest BCUT2D eigenvalue weighted by atomic mass is 32.2. The molecule has 3 aromatic rings. The van der Waals surface area contributed by atoms with Crippen molar-refractivity contribution in [1.82, 2.24) is 14.5 Å². The summed E-state index contributed by atoms with van der Waals surface area (Å²) < 4.78 is 34.0. The zero-order chi connectivity index (χ0) is 20.9. The maximum absolute atomic E-state index is 13.2. The molecule has 2 fully saturated rings. The number of aryl methyl sites for hydroxylation is 2. The van der Waals surface area contributed by atoms with Crippen LogP contribution >= 0.6 is 11.3 Å². The van der Waals surface area contributed by atoms with Crippen LogP contribution in [0.2, 0.25) is 0 Å². The van der Waals surface area contributed by atoms with E-state index in [1.54, 1.807) is 16.4 Å². The van der Waals surface area contributed by atoms with Crippen LogP contribution < -0.4 is 4.90 Å². The number of sulfonamides is 1. The Morgan fingerprint density at radius 2 is 1.80 bits per heavy atom. The fraction of sp³-hybridized carbons (Fsp3) is 0.429. The molecule has 0 N–H and O–H groups in total. The second-order valence-corrected chi connectivity index (χ2v) is 11.3. The molecule has 0 spiro atoms. The molecule has 30 heavy (non-hydrogen) atoms.